The Labute approximate surface area is 110 Å². The number of rotatable bonds is 5. The van der Waals surface area contributed by atoms with E-state index in [0.29, 0.717) is 6.04 Å². The quantitative estimate of drug-likeness (QED) is 0.856. The van der Waals surface area contributed by atoms with Crippen molar-refractivity contribution in [2.24, 2.45) is 11.8 Å². The lowest BCUT2D eigenvalue weighted by molar-refractivity contribution is 0.371. The van der Waals surface area contributed by atoms with Crippen LogP contribution in [0.4, 0.5) is 0 Å². The first-order valence-corrected chi connectivity index (χ1v) is 7.30. The first-order chi connectivity index (χ1) is 8.83. The van der Waals surface area contributed by atoms with E-state index in [4.69, 9.17) is 0 Å². The molecule has 1 saturated heterocycles. The summed E-state index contributed by atoms with van der Waals surface area (Å²) >= 11 is 0. The lowest BCUT2D eigenvalue weighted by atomic mass is 10.0. The van der Waals surface area contributed by atoms with E-state index in [1.54, 1.807) is 0 Å². The molecule has 98 valence electrons. The molecule has 1 aromatic carbocycles. The van der Waals surface area contributed by atoms with Crippen LogP contribution in [0.3, 0.4) is 0 Å². The van der Waals surface area contributed by atoms with Crippen molar-refractivity contribution in [3.63, 3.8) is 0 Å². The van der Waals surface area contributed by atoms with Gasteiger partial charge in [-0.2, -0.15) is 0 Å². The largest absolute Gasteiger partial charge is 0.309 e. The van der Waals surface area contributed by atoms with Crippen LogP contribution in [0.25, 0.3) is 0 Å². The molecule has 0 amide bonds. The maximum atomic E-state index is 3.83. The summed E-state index contributed by atoms with van der Waals surface area (Å²) in [4.78, 5) is 2.45. The molecule has 2 heteroatoms. The minimum Gasteiger partial charge on any atom is -0.309 e. The van der Waals surface area contributed by atoms with Crippen LogP contribution in [-0.2, 0) is 0 Å². The summed E-state index contributed by atoms with van der Waals surface area (Å²) < 4.78 is 0. The Morgan fingerprint density at radius 2 is 2.00 bits per heavy atom. The molecule has 0 spiro atoms. The van der Waals surface area contributed by atoms with Crippen molar-refractivity contribution in [3.8, 4) is 0 Å². The molecule has 3 rings (SSSR count). The monoisotopic (exact) mass is 244 g/mol. The van der Waals surface area contributed by atoms with E-state index >= 15 is 0 Å². The van der Waals surface area contributed by atoms with Gasteiger partial charge in [0, 0.05) is 12.6 Å². The topological polar surface area (TPSA) is 15.3 Å². The number of likely N-dealkylation sites (tertiary alicyclic amines) is 1. The minimum absolute atomic E-state index is 0.595. The maximum absolute atomic E-state index is 3.83. The average molecular weight is 244 g/mol. The number of benzene rings is 1. The van der Waals surface area contributed by atoms with Crippen molar-refractivity contribution in [1.82, 2.24) is 10.2 Å². The van der Waals surface area contributed by atoms with Crippen molar-refractivity contribution in [2.45, 2.75) is 25.3 Å². The molecule has 1 aromatic rings. The molecule has 1 aliphatic heterocycles. The molecule has 2 aliphatic rings. The van der Waals surface area contributed by atoms with E-state index in [0.717, 1.165) is 11.8 Å². The van der Waals surface area contributed by atoms with Crippen molar-refractivity contribution in [1.29, 1.82) is 0 Å². The summed E-state index contributed by atoms with van der Waals surface area (Å²) in [5, 5.41) is 3.83. The fourth-order valence-corrected chi connectivity index (χ4v) is 3.13. The van der Waals surface area contributed by atoms with E-state index in [2.05, 4.69) is 47.6 Å². The fourth-order valence-electron chi connectivity index (χ4n) is 3.13. The number of hydrogen-bond donors (Lipinski definition) is 1. The molecule has 0 radical (unpaired) electrons. The summed E-state index contributed by atoms with van der Waals surface area (Å²) in [5.74, 6) is 1.73. The molecule has 2 nitrogen and oxygen atoms in total. The van der Waals surface area contributed by atoms with E-state index in [9.17, 15) is 0 Å². The number of nitrogens with zero attached hydrogens (tertiary/aromatic N) is 1. The van der Waals surface area contributed by atoms with Gasteiger partial charge in [0.25, 0.3) is 0 Å². The molecule has 1 aliphatic carbocycles. The van der Waals surface area contributed by atoms with Gasteiger partial charge in [0.05, 0.1) is 0 Å². The Kier molecular flexibility index (Phi) is 3.67. The molecule has 2 fully saturated rings. The first kappa shape index (κ1) is 12.2. The standard InChI is InChI=1S/C16H24N2/c1-18-10-9-13(12-18)11-17-16(15-7-8-15)14-5-3-2-4-6-14/h2-6,13,15-17H,7-12H2,1H3. The van der Waals surface area contributed by atoms with Crippen LogP contribution in [-0.4, -0.2) is 31.6 Å². The van der Waals surface area contributed by atoms with Crippen LogP contribution < -0.4 is 5.32 Å². The van der Waals surface area contributed by atoms with Gasteiger partial charge >= 0.3 is 0 Å². The predicted molar refractivity (Wildman–Crippen MR) is 75.5 cm³/mol. The second-order valence-corrected chi connectivity index (χ2v) is 6.05. The molecular weight excluding hydrogens is 220 g/mol. The highest BCUT2D eigenvalue weighted by molar-refractivity contribution is 5.21. The first-order valence-electron chi connectivity index (χ1n) is 7.30. The van der Waals surface area contributed by atoms with Gasteiger partial charge < -0.3 is 10.2 Å². The predicted octanol–water partition coefficient (Wildman–Crippen LogP) is 2.68. The molecule has 1 N–H and O–H groups in total. The Bertz CT molecular complexity index is 372. The second-order valence-electron chi connectivity index (χ2n) is 6.05. The average Bonchev–Trinajstić information content (AvgIpc) is 3.14. The maximum Gasteiger partial charge on any atom is 0.0348 e. The van der Waals surface area contributed by atoms with E-state index < -0.39 is 0 Å². The highest BCUT2D eigenvalue weighted by Gasteiger charge is 2.32. The number of hydrogen-bond acceptors (Lipinski definition) is 2. The smallest absolute Gasteiger partial charge is 0.0348 e. The summed E-state index contributed by atoms with van der Waals surface area (Å²) in [6.45, 7) is 3.71. The van der Waals surface area contributed by atoms with Crippen molar-refractivity contribution in [2.75, 3.05) is 26.7 Å². The molecule has 2 unspecified atom stereocenters. The van der Waals surface area contributed by atoms with E-state index in [1.165, 1.54) is 44.5 Å². The molecule has 1 saturated carbocycles. The highest BCUT2D eigenvalue weighted by atomic mass is 15.1. The van der Waals surface area contributed by atoms with Gasteiger partial charge in [0.2, 0.25) is 0 Å². The Hall–Kier alpha value is -0.860. The van der Waals surface area contributed by atoms with Crippen molar-refractivity contribution < 1.29 is 0 Å². The summed E-state index contributed by atoms with van der Waals surface area (Å²) in [5.41, 5.74) is 1.48. The highest BCUT2D eigenvalue weighted by Crippen LogP contribution is 2.41. The SMILES string of the molecule is CN1CCC(CNC(c2ccccc2)C2CC2)C1. The molecule has 0 aromatic heterocycles. The second kappa shape index (κ2) is 5.41. The zero-order chi connectivity index (χ0) is 12.4. The summed E-state index contributed by atoms with van der Waals surface area (Å²) in [7, 11) is 2.23. The lowest BCUT2D eigenvalue weighted by Gasteiger charge is -2.21. The van der Waals surface area contributed by atoms with Gasteiger partial charge in [-0.3, -0.25) is 0 Å². The van der Waals surface area contributed by atoms with Crippen LogP contribution >= 0.6 is 0 Å². The number of nitrogens with one attached hydrogen (secondary N) is 1. The van der Waals surface area contributed by atoms with Gasteiger partial charge in [-0.25, -0.2) is 0 Å². The Balaban J connectivity index is 1.58. The third kappa shape index (κ3) is 2.93. The molecule has 0 bridgehead atoms. The fraction of sp³-hybridized carbons (Fsp3) is 0.625. The van der Waals surface area contributed by atoms with Crippen LogP contribution in [0.5, 0.6) is 0 Å². The molecule has 18 heavy (non-hydrogen) atoms. The minimum atomic E-state index is 0.595. The Morgan fingerprint density at radius 1 is 1.22 bits per heavy atom. The third-order valence-electron chi connectivity index (χ3n) is 4.37. The molecule has 1 heterocycles. The molecule has 2 atom stereocenters. The van der Waals surface area contributed by atoms with Gasteiger partial charge in [-0.1, -0.05) is 30.3 Å². The van der Waals surface area contributed by atoms with Gasteiger partial charge in [0.1, 0.15) is 0 Å². The van der Waals surface area contributed by atoms with Crippen LogP contribution in [0.1, 0.15) is 30.9 Å². The zero-order valence-electron chi connectivity index (χ0n) is 11.3. The van der Waals surface area contributed by atoms with Crippen molar-refractivity contribution in [3.05, 3.63) is 35.9 Å². The van der Waals surface area contributed by atoms with Crippen LogP contribution in [0, 0.1) is 11.8 Å². The van der Waals surface area contributed by atoms with Gasteiger partial charge in [-0.05, 0) is 56.8 Å². The summed E-state index contributed by atoms with van der Waals surface area (Å²) in [6.07, 6.45) is 4.16. The van der Waals surface area contributed by atoms with Crippen LogP contribution in [0.15, 0.2) is 30.3 Å². The summed E-state index contributed by atoms with van der Waals surface area (Å²) in [6, 6.07) is 11.6. The van der Waals surface area contributed by atoms with E-state index in [1.807, 2.05) is 0 Å². The Morgan fingerprint density at radius 3 is 2.61 bits per heavy atom. The zero-order valence-corrected chi connectivity index (χ0v) is 11.3. The van der Waals surface area contributed by atoms with Crippen LogP contribution in [0.2, 0.25) is 0 Å². The van der Waals surface area contributed by atoms with Crippen molar-refractivity contribution >= 4 is 0 Å². The van der Waals surface area contributed by atoms with E-state index in [-0.39, 0.29) is 0 Å². The van der Waals surface area contributed by atoms with Gasteiger partial charge in [0.15, 0.2) is 0 Å². The normalized spacial score (nSPS) is 26.4. The van der Waals surface area contributed by atoms with Gasteiger partial charge in [-0.15, -0.1) is 0 Å². The molecular formula is C16H24N2. The third-order valence-corrected chi connectivity index (χ3v) is 4.37. The lowest BCUT2D eigenvalue weighted by Crippen LogP contribution is -2.30.